The summed E-state index contributed by atoms with van der Waals surface area (Å²) in [6.45, 7) is 24.6. The molecule has 0 bridgehead atoms. The van der Waals surface area contributed by atoms with Crippen LogP contribution < -0.4 is 15.6 Å². The van der Waals surface area contributed by atoms with Crippen molar-refractivity contribution in [3.05, 3.63) is 74.2 Å². The summed E-state index contributed by atoms with van der Waals surface area (Å²) in [7, 11) is -3.66. The Morgan fingerprint density at radius 1 is 0.636 bits per heavy atom. The summed E-state index contributed by atoms with van der Waals surface area (Å²) in [5, 5.41) is 12.7. The van der Waals surface area contributed by atoms with Crippen LogP contribution in [0, 0.1) is 13.8 Å². The average molecular weight is 511 g/mol. The van der Waals surface area contributed by atoms with E-state index in [-0.39, 0.29) is 5.04 Å². The molecule has 2 aromatic carbocycles. The van der Waals surface area contributed by atoms with E-state index in [0.717, 1.165) is 0 Å². The van der Waals surface area contributed by atoms with Crippen molar-refractivity contribution < 1.29 is 16.6 Å². The molecule has 0 saturated carbocycles. The van der Waals surface area contributed by atoms with E-state index in [4.69, 9.17) is 0 Å². The minimum atomic E-state index is -2.22. The van der Waals surface area contributed by atoms with Gasteiger partial charge in [-0.2, -0.15) is 0 Å². The van der Waals surface area contributed by atoms with Crippen LogP contribution >= 0.6 is 0 Å². The van der Waals surface area contributed by atoms with Gasteiger partial charge in [-0.05, 0) is 0 Å². The Hall–Kier alpha value is -0.932. The van der Waals surface area contributed by atoms with Gasteiger partial charge in [-0.1, -0.05) is 0 Å². The van der Waals surface area contributed by atoms with Crippen molar-refractivity contribution in [1.29, 1.82) is 0 Å². The molecule has 1 aliphatic carbocycles. The Morgan fingerprint density at radius 2 is 1.15 bits per heavy atom. The van der Waals surface area contributed by atoms with E-state index in [1.165, 1.54) is 11.1 Å². The molecular weight excluding hydrogens is 464 g/mol. The number of rotatable bonds is 5. The van der Waals surface area contributed by atoms with Crippen molar-refractivity contribution in [2.24, 2.45) is 0 Å². The van der Waals surface area contributed by atoms with E-state index in [9.17, 15) is 0 Å². The summed E-state index contributed by atoms with van der Waals surface area (Å²) in [5.74, 6) is 0. The van der Waals surface area contributed by atoms with Gasteiger partial charge in [0, 0.05) is 0 Å². The number of benzene rings is 2. The third-order valence-electron chi connectivity index (χ3n) is 8.65. The zero-order chi connectivity index (χ0) is 25.1. The topological polar surface area (TPSA) is 0 Å². The molecule has 0 heterocycles. The summed E-state index contributed by atoms with van der Waals surface area (Å²) in [6.07, 6.45) is 0. The Morgan fingerprint density at radius 3 is 1.64 bits per heavy atom. The molecule has 0 N–H and O–H groups in total. The monoisotopic (exact) mass is 510 g/mol. The van der Waals surface area contributed by atoms with Gasteiger partial charge in [0.2, 0.25) is 0 Å². The second-order valence-corrected chi connectivity index (χ2v) is 30.2. The van der Waals surface area contributed by atoms with E-state index < -0.39 is 32.7 Å². The molecule has 0 amide bonds. The van der Waals surface area contributed by atoms with Crippen LogP contribution in [0.1, 0.15) is 38.8 Å². The average Bonchev–Trinajstić information content (AvgIpc) is 2.87. The molecule has 0 aliphatic heterocycles. The molecule has 2 atom stereocenters. The molecule has 33 heavy (non-hydrogen) atoms. The van der Waals surface area contributed by atoms with Crippen LogP contribution in [0.4, 0.5) is 0 Å². The molecule has 3 rings (SSSR count). The molecule has 2 aromatic rings. The molecule has 0 saturated heterocycles. The van der Waals surface area contributed by atoms with Gasteiger partial charge in [-0.3, -0.25) is 0 Å². The van der Waals surface area contributed by atoms with Crippen molar-refractivity contribution in [2.45, 2.75) is 88.5 Å². The molecule has 0 aromatic heterocycles. The van der Waals surface area contributed by atoms with Crippen LogP contribution in [0.3, 0.4) is 0 Å². The zero-order valence-corrected chi connectivity index (χ0v) is 27.1. The molecule has 178 valence electrons. The number of hydrogen-bond acceptors (Lipinski definition) is 0. The molecule has 0 radical (unpaired) electrons. The summed E-state index contributed by atoms with van der Waals surface area (Å²) < 4.78 is 1.84. The van der Waals surface area contributed by atoms with Crippen molar-refractivity contribution >= 4 is 31.7 Å². The van der Waals surface area contributed by atoms with Gasteiger partial charge in [-0.25, -0.2) is 0 Å². The second-order valence-electron chi connectivity index (χ2n) is 13.0. The third kappa shape index (κ3) is 4.31. The van der Waals surface area contributed by atoms with Crippen molar-refractivity contribution in [3.63, 3.8) is 0 Å². The van der Waals surface area contributed by atoms with Gasteiger partial charge >= 0.3 is 211 Å². The fourth-order valence-corrected chi connectivity index (χ4v) is 20.2. The molecule has 0 nitrogen and oxygen atoms in total. The molecule has 1 aliphatic rings. The number of allylic oxidation sites excluding steroid dienone is 4. The minimum absolute atomic E-state index is 0.110. The first-order valence-corrected chi connectivity index (χ1v) is 24.0. The van der Waals surface area contributed by atoms with Crippen LogP contribution in [0.25, 0.3) is 0 Å². The molecular formula is C30H46Si2Ti. The first kappa shape index (κ1) is 26.7. The van der Waals surface area contributed by atoms with Gasteiger partial charge in [0.1, 0.15) is 0 Å². The van der Waals surface area contributed by atoms with E-state index in [0.29, 0.717) is 0 Å². The fourth-order valence-electron chi connectivity index (χ4n) is 6.48. The zero-order valence-electron chi connectivity index (χ0n) is 23.5. The molecule has 0 fully saturated rings. The second kappa shape index (κ2) is 8.62. The maximum absolute atomic E-state index is 2.68. The van der Waals surface area contributed by atoms with Crippen molar-refractivity contribution in [2.75, 3.05) is 0 Å². The van der Waals surface area contributed by atoms with Crippen molar-refractivity contribution in [1.82, 2.24) is 0 Å². The number of aryl methyl sites for hydroxylation is 2. The van der Waals surface area contributed by atoms with Crippen LogP contribution in [-0.4, -0.2) is 16.1 Å². The standard InChI is InChI=1S/C27H37Si2.3CH3.Ti/c1-19-11-13-24(14-12-19)29(10,27(6)18-21(3)22(4)23(27)5)26-16-20(2)15-25(17-26)28(7,8)9;;;;/h11-17H,1-10H3;3*1H3;. The first-order valence-electron chi connectivity index (χ1n) is 12.6. The Kier molecular flexibility index (Phi) is 6.97. The van der Waals surface area contributed by atoms with Crippen molar-refractivity contribution in [3.8, 4) is 0 Å². The summed E-state index contributed by atoms with van der Waals surface area (Å²) in [6, 6.07) is 17.3. The van der Waals surface area contributed by atoms with E-state index in [1.54, 1.807) is 32.3 Å². The van der Waals surface area contributed by atoms with E-state index >= 15 is 0 Å². The Labute approximate surface area is 210 Å². The van der Waals surface area contributed by atoms with Gasteiger partial charge < -0.3 is 0 Å². The van der Waals surface area contributed by atoms with Gasteiger partial charge in [0.15, 0.2) is 0 Å². The predicted molar refractivity (Wildman–Crippen MR) is 153 cm³/mol. The Balaban J connectivity index is 2.50. The fraction of sp³-hybridized carbons (Fsp3) is 0.467. The number of hydrogen-bond donors (Lipinski definition) is 0. The Bertz CT molecular complexity index is 1140. The van der Waals surface area contributed by atoms with Crippen LogP contribution in [0.5, 0.6) is 0 Å². The maximum atomic E-state index is 2.68. The predicted octanol–water partition coefficient (Wildman–Crippen LogP) is 7.72. The normalized spacial score (nSPS) is 21.6. The molecule has 3 heteroatoms. The van der Waals surface area contributed by atoms with Crippen LogP contribution in [-0.2, 0) is 16.6 Å². The van der Waals surface area contributed by atoms with E-state index in [1.807, 2.05) is 3.88 Å². The van der Waals surface area contributed by atoms with Crippen LogP contribution in [0.2, 0.25) is 46.9 Å². The quantitative estimate of drug-likeness (QED) is 0.361. The molecule has 2 unspecified atom stereocenters. The van der Waals surface area contributed by atoms with Gasteiger partial charge in [0.25, 0.3) is 0 Å². The van der Waals surface area contributed by atoms with Gasteiger partial charge in [-0.15, -0.1) is 0 Å². The van der Waals surface area contributed by atoms with Crippen LogP contribution in [0.15, 0.2) is 63.1 Å². The SMILES string of the molecule is CC1=C(C)C(C)([Si](C)(c2ccc(C)cc2)c2cc(C)cc([Si](C)(C)C)c2)[C]([Ti]([CH3])([CH3])[CH3])=C1C. The van der Waals surface area contributed by atoms with Gasteiger partial charge in [0.05, 0.1) is 0 Å². The summed E-state index contributed by atoms with van der Waals surface area (Å²) in [5.41, 5.74) is 7.56. The first-order chi connectivity index (χ1) is 15.0. The third-order valence-corrected chi connectivity index (χ3v) is 20.3. The summed E-state index contributed by atoms with van der Waals surface area (Å²) in [4.78, 5) is 0. The summed E-state index contributed by atoms with van der Waals surface area (Å²) >= 11 is -2.17. The van der Waals surface area contributed by atoms with E-state index in [2.05, 4.69) is 126 Å². The molecule has 0 spiro atoms.